The Morgan fingerprint density at radius 1 is 1.50 bits per heavy atom. The maximum atomic E-state index is 7.17. The zero-order valence-electron chi connectivity index (χ0n) is 7.78. The van der Waals surface area contributed by atoms with E-state index in [0.717, 1.165) is 13.0 Å². The summed E-state index contributed by atoms with van der Waals surface area (Å²) in [6, 6.07) is 0.484. The van der Waals surface area contributed by atoms with E-state index in [1.807, 2.05) is 0 Å². The topological polar surface area (TPSA) is 35.9 Å². The highest BCUT2D eigenvalue weighted by atomic mass is 35.5. The van der Waals surface area contributed by atoms with Crippen molar-refractivity contribution in [2.75, 3.05) is 12.5 Å². The molecule has 0 bridgehead atoms. The van der Waals surface area contributed by atoms with Gasteiger partial charge >= 0.3 is 0 Å². The minimum Gasteiger partial charge on any atom is -0.313 e. The molecule has 0 amide bonds. The summed E-state index contributed by atoms with van der Waals surface area (Å²) >= 11 is 5.48. The zero-order chi connectivity index (χ0) is 9.23. The fourth-order valence-corrected chi connectivity index (χ4v) is 1.25. The summed E-state index contributed by atoms with van der Waals surface area (Å²) in [5, 5.41) is 10.2. The number of nitrogens with one attached hydrogen (secondary N) is 2. The lowest BCUT2D eigenvalue weighted by Crippen LogP contribution is -2.22. The van der Waals surface area contributed by atoms with Gasteiger partial charge in [0.05, 0.1) is 6.00 Å². The molecule has 0 saturated carbocycles. The monoisotopic (exact) mass is 190 g/mol. The SMILES string of the molecule is CCCCC[C@@H](C=N)CNCCl. The van der Waals surface area contributed by atoms with E-state index >= 15 is 0 Å². The molecule has 12 heavy (non-hydrogen) atoms. The van der Waals surface area contributed by atoms with Crippen LogP contribution in [0, 0.1) is 11.3 Å². The highest BCUT2D eigenvalue weighted by molar-refractivity contribution is 6.17. The first-order valence-electron chi connectivity index (χ1n) is 4.62. The van der Waals surface area contributed by atoms with Crippen molar-refractivity contribution >= 4 is 17.8 Å². The van der Waals surface area contributed by atoms with Gasteiger partial charge in [-0.1, -0.05) is 26.2 Å². The average Bonchev–Trinajstić information content (AvgIpc) is 2.11. The molecule has 0 unspecified atom stereocenters. The van der Waals surface area contributed by atoms with Crippen LogP contribution in [0.1, 0.15) is 32.6 Å². The Morgan fingerprint density at radius 2 is 2.25 bits per heavy atom. The lowest BCUT2D eigenvalue weighted by Gasteiger charge is -2.10. The highest BCUT2D eigenvalue weighted by Gasteiger charge is 2.02. The lowest BCUT2D eigenvalue weighted by atomic mass is 10.0. The van der Waals surface area contributed by atoms with Crippen molar-refractivity contribution in [1.29, 1.82) is 5.41 Å². The second-order valence-electron chi connectivity index (χ2n) is 3.01. The van der Waals surface area contributed by atoms with E-state index in [4.69, 9.17) is 17.0 Å². The molecule has 0 rings (SSSR count). The molecule has 0 aromatic carbocycles. The third-order valence-corrected chi connectivity index (χ3v) is 2.10. The van der Waals surface area contributed by atoms with E-state index in [2.05, 4.69) is 12.2 Å². The average molecular weight is 191 g/mol. The second kappa shape index (κ2) is 9.01. The summed E-state index contributed by atoms with van der Waals surface area (Å²) in [4.78, 5) is 0. The Labute approximate surface area is 80.2 Å². The first-order valence-corrected chi connectivity index (χ1v) is 5.15. The molecule has 0 saturated heterocycles. The van der Waals surface area contributed by atoms with Crippen molar-refractivity contribution in [3.05, 3.63) is 0 Å². The van der Waals surface area contributed by atoms with Gasteiger partial charge in [0.25, 0.3) is 0 Å². The maximum absolute atomic E-state index is 7.17. The van der Waals surface area contributed by atoms with Crippen LogP contribution in [-0.2, 0) is 0 Å². The van der Waals surface area contributed by atoms with Crippen molar-refractivity contribution in [2.24, 2.45) is 5.92 Å². The summed E-state index contributed by atoms with van der Waals surface area (Å²) < 4.78 is 0. The largest absolute Gasteiger partial charge is 0.313 e. The van der Waals surface area contributed by atoms with Crippen LogP contribution < -0.4 is 5.32 Å². The Hall–Kier alpha value is -0.0800. The zero-order valence-corrected chi connectivity index (χ0v) is 8.53. The van der Waals surface area contributed by atoms with Crippen LogP contribution in [0.4, 0.5) is 0 Å². The minimum atomic E-state index is 0.371. The molecule has 72 valence electrons. The minimum absolute atomic E-state index is 0.371. The van der Waals surface area contributed by atoms with Crippen LogP contribution >= 0.6 is 11.6 Å². The Kier molecular flexibility index (Phi) is 8.95. The van der Waals surface area contributed by atoms with Crippen LogP contribution in [0.3, 0.4) is 0 Å². The fraction of sp³-hybridized carbons (Fsp3) is 0.889. The molecule has 0 radical (unpaired) electrons. The van der Waals surface area contributed by atoms with Gasteiger partial charge in [-0.25, -0.2) is 0 Å². The van der Waals surface area contributed by atoms with Crippen LogP contribution in [0.5, 0.6) is 0 Å². The number of rotatable bonds is 8. The number of alkyl halides is 1. The molecule has 0 aliphatic carbocycles. The molecule has 0 aliphatic rings. The quantitative estimate of drug-likeness (QED) is 0.263. The molecule has 1 atom stereocenters. The third-order valence-electron chi connectivity index (χ3n) is 1.92. The van der Waals surface area contributed by atoms with Crippen molar-refractivity contribution in [2.45, 2.75) is 32.6 Å². The van der Waals surface area contributed by atoms with Crippen LogP contribution in [0.2, 0.25) is 0 Å². The number of hydrogen-bond acceptors (Lipinski definition) is 2. The van der Waals surface area contributed by atoms with E-state index in [9.17, 15) is 0 Å². The molecule has 3 heteroatoms. The summed E-state index contributed by atoms with van der Waals surface area (Å²) in [6.07, 6.45) is 6.37. The highest BCUT2D eigenvalue weighted by Crippen LogP contribution is 2.06. The third kappa shape index (κ3) is 6.62. The standard InChI is InChI=1S/C9H19ClN2/c1-2-3-4-5-9(6-11)7-12-8-10/h6,9,11-12H,2-5,7-8H2,1H3/t9-/m0/s1. The summed E-state index contributed by atoms with van der Waals surface area (Å²) in [5.41, 5.74) is 0. The predicted molar refractivity (Wildman–Crippen MR) is 55.1 cm³/mol. The first kappa shape index (κ1) is 11.9. The first-order chi connectivity index (χ1) is 5.85. The van der Waals surface area contributed by atoms with Gasteiger partial charge in [0.15, 0.2) is 0 Å². The molecular weight excluding hydrogens is 172 g/mol. The lowest BCUT2D eigenvalue weighted by molar-refractivity contribution is 0.541. The summed E-state index contributed by atoms with van der Waals surface area (Å²) in [7, 11) is 0. The number of unbranched alkanes of at least 4 members (excludes halogenated alkanes) is 2. The molecule has 2 N–H and O–H groups in total. The van der Waals surface area contributed by atoms with Gasteiger partial charge in [0.2, 0.25) is 0 Å². The molecule has 0 aromatic heterocycles. The van der Waals surface area contributed by atoms with Gasteiger partial charge in [-0.3, -0.25) is 0 Å². The van der Waals surface area contributed by atoms with Gasteiger partial charge in [-0.15, -0.1) is 11.6 Å². The van der Waals surface area contributed by atoms with Crippen LogP contribution in [-0.4, -0.2) is 18.8 Å². The molecule has 2 nitrogen and oxygen atoms in total. The number of hydrogen-bond donors (Lipinski definition) is 2. The van der Waals surface area contributed by atoms with Crippen molar-refractivity contribution in [3.8, 4) is 0 Å². The van der Waals surface area contributed by atoms with Gasteiger partial charge in [0, 0.05) is 12.5 Å². The second-order valence-corrected chi connectivity index (χ2v) is 3.28. The van der Waals surface area contributed by atoms with Crippen molar-refractivity contribution in [1.82, 2.24) is 5.32 Å². The fourth-order valence-electron chi connectivity index (χ4n) is 1.14. The van der Waals surface area contributed by atoms with Crippen molar-refractivity contribution < 1.29 is 0 Å². The Bertz CT molecular complexity index is 107. The summed E-state index contributed by atoms with van der Waals surface area (Å²) in [5.74, 6) is 0.371. The van der Waals surface area contributed by atoms with E-state index in [1.54, 1.807) is 0 Å². The predicted octanol–water partition coefficient (Wildman–Crippen LogP) is 2.62. The van der Waals surface area contributed by atoms with E-state index < -0.39 is 0 Å². The maximum Gasteiger partial charge on any atom is 0.0713 e. The van der Waals surface area contributed by atoms with Crippen LogP contribution in [0.25, 0.3) is 0 Å². The molecule has 0 aliphatic heterocycles. The Balaban J connectivity index is 3.32. The van der Waals surface area contributed by atoms with Gasteiger partial charge < -0.3 is 10.7 Å². The van der Waals surface area contributed by atoms with E-state index in [0.29, 0.717) is 11.9 Å². The van der Waals surface area contributed by atoms with E-state index in [1.165, 1.54) is 25.5 Å². The summed E-state index contributed by atoms with van der Waals surface area (Å²) in [6.45, 7) is 3.03. The normalized spacial score (nSPS) is 12.8. The smallest absolute Gasteiger partial charge is 0.0713 e. The number of halogens is 1. The van der Waals surface area contributed by atoms with Gasteiger partial charge in [0.1, 0.15) is 0 Å². The van der Waals surface area contributed by atoms with Gasteiger partial charge in [-0.2, -0.15) is 0 Å². The van der Waals surface area contributed by atoms with Crippen molar-refractivity contribution in [3.63, 3.8) is 0 Å². The van der Waals surface area contributed by atoms with E-state index in [-0.39, 0.29) is 0 Å². The van der Waals surface area contributed by atoms with Crippen LogP contribution in [0.15, 0.2) is 0 Å². The molecule has 0 fully saturated rings. The van der Waals surface area contributed by atoms with Gasteiger partial charge in [-0.05, 0) is 12.6 Å². The molecular formula is C9H19ClN2. The molecule has 0 spiro atoms. The molecule has 0 heterocycles. The molecule has 0 aromatic rings. The Morgan fingerprint density at radius 3 is 2.75 bits per heavy atom.